The van der Waals surface area contributed by atoms with Crippen LogP contribution in [0.15, 0.2) is 58.3 Å². The van der Waals surface area contributed by atoms with E-state index >= 15 is 0 Å². The van der Waals surface area contributed by atoms with Crippen LogP contribution in [0.4, 0.5) is 0 Å². The van der Waals surface area contributed by atoms with E-state index in [2.05, 4.69) is 0 Å². The summed E-state index contributed by atoms with van der Waals surface area (Å²) in [6.07, 6.45) is 2.02. The van der Waals surface area contributed by atoms with Crippen molar-refractivity contribution in [3.05, 3.63) is 48.5 Å². The average Bonchev–Trinajstić information content (AvgIpc) is 2.38. The van der Waals surface area contributed by atoms with E-state index in [0.29, 0.717) is 0 Å². The summed E-state index contributed by atoms with van der Waals surface area (Å²) in [5, 5.41) is 0. The SMILES string of the molecule is CSc1ccc(-c2ccc(S(=O)(=O)Cl)cc2)cc1. The molecule has 0 heterocycles. The van der Waals surface area contributed by atoms with E-state index in [1.165, 1.54) is 17.0 Å². The van der Waals surface area contributed by atoms with E-state index in [1.807, 2.05) is 30.5 Å². The van der Waals surface area contributed by atoms with Crippen LogP contribution in [0.1, 0.15) is 0 Å². The Morgan fingerprint density at radius 2 is 1.33 bits per heavy atom. The van der Waals surface area contributed by atoms with Crippen molar-refractivity contribution in [3.8, 4) is 11.1 Å². The van der Waals surface area contributed by atoms with Crippen molar-refractivity contribution in [2.75, 3.05) is 6.26 Å². The lowest BCUT2D eigenvalue weighted by atomic mass is 10.1. The number of rotatable bonds is 3. The van der Waals surface area contributed by atoms with E-state index in [4.69, 9.17) is 10.7 Å². The van der Waals surface area contributed by atoms with Crippen molar-refractivity contribution in [1.82, 2.24) is 0 Å². The van der Waals surface area contributed by atoms with Gasteiger partial charge in [-0.25, -0.2) is 8.42 Å². The van der Waals surface area contributed by atoms with Crippen LogP contribution in [0.2, 0.25) is 0 Å². The Morgan fingerprint density at radius 3 is 1.72 bits per heavy atom. The summed E-state index contributed by atoms with van der Waals surface area (Å²) in [6.45, 7) is 0. The Bertz CT molecular complexity index is 632. The molecule has 0 amide bonds. The normalized spacial score (nSPS) is 11.4. The monoisotopic (exact) mass is 298 g/mol. The van der Waals surface area contributed by atoms with Gasteiger partial charge in [0.2, 0.25) is 0 Å². The van der Waals surface area contributed by atoms with Crippen LogP contribution in [-0.2, 0) is 9.05 Å². The summed E-state index contributed by atoms with van der Waals surface area (Å²) < 4.78 is 22.3. The Kier molecular flexibility index (Phi) is 4.00. The van der Waals surface area contributed by atoms with Crippen molar-refractivity contribution in [2.24, 2.45) is 0 Å². The van der Waals surface area contributed by atoms with E-state index in [-0.39, 0.29) is 4.90 Å². The van der Waals surface area contributed by atoms with Crippen molar-refractivity contribution >= 4 is 31.5 Å². The predicted octanol–water partition coefficient (Wildman–Crippen LogP) is 4.00. The Labute approximate surface area is 115 Å². The summed E-state index contributed by atoms with van der Waals surface area (Å²) in [4.78, 5) is 1.31. The first-order chi connectivity index (χ1) is 8.50. The van der Waals surface area contributed by atoms with Crippen LogP contribution in [0.25, 0.3) is 11.1 Å². The topological polar surface area (TPSA) is 34.1 Å². The van der Waals surface area contributed by atoms with Gasteiger partial charge in [-0.15, -0.1) is 11.8 Å². The molecule has 0 unspecified atom stereocenters. The molecule has 2 aromatic carbocycles. The van der Waals surface area contributed by atoms with Crippen molar-refractivity contribution in [2.45, 2.75) is 9.79 Å². The lowest BCUT2D eigenvalue weighted by Crippen LogP contribution is -1.89. The summed E-state index contributed by atoms with van der Waals surface area (Å²) in [6, 6.07) is 14.6. The molecule has 2 rings (SSSR count). The number of benzene rings is 2. The minimum absolute atomic E-state index is 0.119. The second kappa shape index (κ2) is 5.34. The molecule has 2 nitrogen and oxygen atoms in total. The van der Waals surface area contributed by atoms with E-state index in [1.54, 1.807) is 23.9 Å². The molecule has 0 aliphatic carbocycles. The molecule has 0 spiro atoms. The van der Waals surface area contributed by atoms with Gasteiger partial charge in [0.1, 0.15) is 0 Å². The molecule has 5 heteroatoms. The molecule has 0 atom stereocenters. The molecular weight excluding hydrogens is 288 g/mol. The van der Waals surface area contributed by atoms with Crippen molar-refractivity contribution < 1.29 is 8.42 Å². The largest absolute Gasteiger partial charge is 0.261 e. The fourth-order valence-electron chi connectivity index (χ4n) is 1.59. The van der Waals surface area contributed by atoms with Gasteiger partial charge in [0.05, 0.1) is 4.90 Å². The fourth-order valence-corrected chi connectivity index (χ4v) is 2.77. The molecule has 0 aliphatic rings. The summed E-state index contributed by atoms with van der Waals surface area (Å²) in [5.74, 6) is 0. The fraction of sp³-hybridized carbons (Fsp3) is 0.0769. The first-order valence-electron chi connectivity index (χ1n) is 5.20. The molecule has 0 saturated heterocycles. The summed E-state index contributed by atoms with van der Waals surface area (Å²) in [7, 11) is 1.62. The van der Waals surface area contributed by atoms with Gasteiger partial charge in [-0.05, 0) is 41.6 Å². The molecule has 2 aromatic rings. The summed E-state index contributed by atoms with van der Waals surface area (Å²) in [5.41, 5.74) is 2.01. The molecule has 0 radical (unpaired) electrons. The zero-order valence-electron chi connectivity index (χ0n) is 9.63. The van der Waals surface area contributed by atoms with Crippen LogP contribution >= 0.6 is 22.4 Å². The molecule has 18 heavy (non-hydrogen) atoms. The number of thioether (sulfide) groups is 1. The van der Waals surface area contributed by atoms with Crippen molar-refractivity contribution in [1.29, 1.82) is 0 Å². The van der Waals surface area contributed by atoms with Gasteiger partial charge in [0, 0.05) is 15.6 Å². The molecule has 0 bridgehead atoms. The smallest absolute Gasteiger partial charge is 0.207 e. The molecular formula is C13H11ClO2S2. The lowest BCUT2D eigenvalue weighted by molar-refractivity contribution is 0.609. The molecule has 0 saturated carbocycles. The van der Waals surface area contributed by atoms with Crippen LogP contribution in [0, 0.1) is 0 Å². The first kappa shape index (κ1) is 13.5. The lowest BCUT2D eigenvalue weighted by Gasteiger charge is -2.03. The molecule has 0 aliphatic heterocycles. The maximum atomic E-state index is 11.1. The highest BCUT2D eigenvalue weighted by molar-refractivity contribution is 8.13. The zero-order valence-corrected chi connectivity index (χ0v) is 12.0. The highest BCUT2D eigenvalue weighted by Crippen LogP contribution is 2.25. The van der Waals surface area contributed by atoms with Crippen LogP contribution < -0.4 is 0 Å². The number of halogens is 1. The van der Waals surface area contributed by atoms with Crippen molar-refractivity contribution in [3.63, 3.8) is 0 Å². The zero-order chi connectivity index (χ0) is 13.2. The predicted molar refractivity (Wildman–Crippen MR) is 76.7 cm³/mol. The maximum Gasteiger partial charge on any atom is 0.261 e. The Balaban J connectivity index is 2.34. The number of hydrogen-bond acceptors (Lipinski definition) is 3. The maximum absolute atomic E-state index is 11.1. The molecule has 94 valence electrons. The third-order valence-electron chi connectivity index (χ3n) is 2.56. The van der Waals surface area contributed by atoms with E-state index < -0.39 is 9.05 Å². The van der Waals surface area contributed by atoms with Gasteiger partial charge < -0.3 is 0 Å². The quantitative estimate of drug-likeness (QED) is 0.634. The minimum Gasteiger partial charge on any atom is -0.207 e. The summed E-state index contributed by atoms with van der Waals surface area (Å²) >= 11 is 1.68. The van der Waals surface area contributed by atoms with E-state index in [9.17, 15) is 8.42 Å². The van der Waals surface area contributed by atoms with Crippen LogP contribution in [0.5, 0.6) is 0 Å². The number of hydrogen-bond donors (Lipinski definition) is 0. The average molecular weight is 299 g/mol. The second-order valence-electron chi connectivity index (χ2n) is 3.69. The second-order valence-corrected chi connectivity index (χ2v) is 7.14. The minimum atomic E-state index is -3.64. The Hall–Kier alpha value is -0.970. The Morgan fingerprint density at radius 1 is 0.889 bits per heavy atom. The van der Waals surface area contributed by atoms with Gasteiger partial charge in [0.15, 0.2) is 0 Å². The van der Waals surface area contributed by atoms with Gasteiger partial charge in [-0.3, -0.25) is 0 Å². The van der Waals surface area contributed by atoms with Gasteiger partial charge in [-0.1, -0.05) is 24.3 Å². The molecule has 0 fully saturated rings. The van der Waals surface area contributed by atoms with E-state index in [0.717, 1.165) is 11.1 Å². The van der Waals surface area contributed by atoms with Gasteiger partial charge in [0.25, 0.3) is 9.05 Å². The van der Waals surface area contributed by atoms with Crippen LogP contribution in [0.3, 0.4) is 0 Å². The van der Waals surface area contributed by atoms with Gasteiger partial charge >= 0.3 is 0 Å². The molecule has 0 aromatic heterocycles. The highest BCUT2D eigenvalue weighted by atomic mass is 35.7. The molecule has 0 N–H and O–H groups in total. The van der Waals surface area contributed by atoms with Gasteiger partial charge in [-0.2, -0.15) is 0 Å². The van der Waals surface area contributed by atoms with Crippen LogP contribution in [-0.4, -0.2) is 14.7 Å². The third kappa shape index (κ3) is 3.07. The first-order valence-corrected chi connectivity index (χ1v) is 8.73. The third-order valence-corrected chi connectivity index (χ3v) is 4.67. The highest BCUT2D eigenvalue weighted by Gasteiger charge is 2.09. The standard InChI is InChI=1S/C13H11ClO2S2/c1-17-12-6-2-10(3-7-12)11-4-8-13(9-5-11)18(14,15)16/h2-9H,1H3.